The number of ether oxygens (including phenoxy) is 1. The monoisotopic (exact) mass is 829 g/mol. The lowest BCUT2D eigenvalue weighted by Gasteiger charge is -2.41. The average molecular weight is 830 g/mol. The fraction of sp³-hybridized carbons (Fsp3) is 0. The number of benzene rings is 10. The van der Waals surface area contributed by atoms with E-state index in [1.54, 1.807) is 0 Å². The standard InChI is InChI=1S/C60H36BNO3/c1-3-15-37(16-4-1)41-21-11-22-42(38-17-5-2-6-18-38)58(41)62-51-33-31-39(43-23-12-25-47-45-19-7-9-28-53(45)64-59(43)47)35-49(51)61-50-36-40(32-34-55(50)63-56-30-14-27-52(62)57(56)61)44-24-13-26-48-46-20-8-10-29-54(46)65-60(44)48/h1-36H. The third kappa shape index (κ3) is 5.39. The first-order valence-electron chi connectivity index (χ1n) is 22.2. The summed E-state index contributed by atoms with van der Waals surface area (Å²) in [6.07, 6.45) is 0. The highest BCUT2D eigenvalue weighted by molar-refractivity contribution is 6.99. The molecule has 0 bridgehead atoms. The Morgan fingerprint density at radius 3 is 1.48 bits per heavy atom. The van der Waals surface area contributed by atoms with E-state index in [9.17, 15) is 0 Å². The van der Waals surface area contributed by atoms with Crippen LogP contribution in [0, 0.1) is 0 Å². The minimum atomic E-state index is -0.162. The van der Waals surface area contributed by atoms with Crippen LogP contribution in [-0.4, -0.2) is 6.71 Å². The van der Waals surface area contributed by atoms with Crippen molar-refractivity contribution < 1.29 is 13.6 Å². The van der Waals surface area contributed by atoms with Gasteiger partial charge in [-0.2, -0.15) is 0 Å². The number of fused-ring (bicyclic) bond motifs is 10. The molecule has 14 rings (SSSR count). The van der Waals surface area contributed by atoms with Crippen molar-refractivity contribution in [2.24, 2.45) is 0 Å². The molecular weight excluding hydrogens is 793 g/mol. The Hall–Kier alpha value is -8.54. The first-order chi connectivity index (χ1) is 32.2. The lowest BCUT2D eigenvalue weighted by molar-refractivity contribution is 0.487. The van der Waals surface area contributed by atoms with Crippen LogP contribution in [0.25, 0.3) is 88.4 Å². The summed E-state index contributed by atoms with van der Waals surface area (Å²) in [7, 11) is 0. The van der Waals surface area contributed by atoms with Crippen LogP contribution in [0.3, 0.4) is 0 Å². The van der Waals surface area contributed by atoms with Crippen molar-refractivity contribution in [3.8, 4) is 56.0 Å². The molecule has 0 saturated carbocycles. The second kappa shape index (κ2) is 14.0. The van der Waals surface area contributed by atoms with E-state index in [1.165, 1.54) is 5.46 Å². The summed E-state index contributed by atoms with van der Waals surface area (Å²) in [5.41, 5.74) is 19.1. The zero-order valence-electron chi connectivity index (χ0n) is 35.0. The van der Waals surface area contributed by atoms with Crippen LogP contribution in [0.15, 0.2) is 227 Å². The van der Waals surface area contributed by atoms with E-state index in [2.05, 4.69) is 205 Å². The van der Waals surface area contributed by atoms with Gasteiger partial charge in [0, 0.05) is 55.2 Å². The summed E-state index contributed by atoms with van der Waals surface area (Å²) in [5.74, 6) is 1.70. The van der Waals surface area contributed by atoms with E-state index in [1.807, 2.05) is 18.2 Å². The molecular formula is C60H36BNO3. The van der Waals surface area contributed by atoms with E-state index in [-0.39, 0.29) is 6.71 Å². The molecule has 0 saturated heterocycles. The van der Waals surface area contributed by atoms with Crippen LogP contribution in [0.1, 0.15) is 0 Å². The maximum atomic E-state index is 7.02. The van der Waals surface area contributed by atoms with Gasteiger partial charge in [-0.05, 0) is 75.0 Å². The summed E-state index contributed by atoms with van der Waals surface area (Å²) in [5, 5.41) is 4.44. The third-order valence-electron chi connectivity index (χ3n) is 13.6. The Kier molecular flexibility index (Phi) is 7.75. The molecule has 0 N–H and O–H groups in total. The van der Waals surface area contributed by atoms with Crippen molar-refractivity contribution in [2.75, 3.05) is 4.90 Å². The molecule has 12 aromatic rings. The quantitative estimate of drug-likeness (QED) is 0.162. The van der Waals surface area contributed by atoms with Crippen LogP contribution < -0.4 is 26.0 Å². The van der Waals surface area contributed by atoms with E-state index in [4.69, 9.17) is 13.6 Å². The molecule has 5 heteroatoms. The van der Waals surface area contributed by atoms with Crippen molar-refractivity contribution in [3.63, 3.8) is 0 Å². The first kappa shape index (κ1) is 36.0. The Labute approximate surface area is 375 Å². The minimum absolute atomic E-state index is 0.162. The zero-order valence-corrected chi connectivity index (χ0v) is 35.0. The summed E-state index contributed by atoms with van der Waals surface area (Å²) in [6.45, 7) is -0.162. The summed E-state index contributed by atoms with van der Waals surface area (Å²) >= 11 is 0. The molecule has 10 aromatic carbocycles. The van der Waals surface area contributed by atoms with Gasteiger partial charge in [0.15, 0.2) is 0 Å². The molecule has 2 aliphatic heterocycles. The number of furan rings is 2. The SMILES string of the molecule is c1ccc(-c2cccc(-c3ccccc3)c2N2c3ccc(-c4cccc5c4oc4ccccc45)cc3B3c4cc(-c5cccc6c5oc5ccccc56)ccc4Oc4cccc2c43)cc1. The predicted molar refractivity (Wildman–Crippen MR) is 269 cm³/mol. The number of hydrogen-bond donors (Lipinski definition) is 0. The van der Waals surface area contributed by atoms with E-state index in [0.29, 0.717) is 0 Å². The molecule has 0 aliphatic carbocycles. The van der Waals surface area contributed by atoms with Gasteiger partial charge >= 0.3 is 0 Å². The number of rotatable bonds is 5. The number of para-hydroxylation sites is 5. The molecule has 0 unspecified atom stereocenters. The molecule has 0 atom stereocenters. The summed E-state index contributed by atoms with van der Waals surface area (Å²) in [4.78, 5) is 2.49. The molecule has 302 valence electrons. The summed E-state index contributed by atoms with van der Waals surface area (Å²) in [6, 6.07) is 77.9. The first-order valence-corrected chi connectivity index (χ1v) is 22.2. The molecule has 4 nitrogen and oxygen atoms in total. The molecule has 0 amide bonds. The van der Waals surface area contributed by atoms with E-state index < -0.39 is 0 Å². The molecule has 2 aromatic heterocycles. The van der Waals surface area contributed by atoms with E-state index in [0.717, 1.165) is 128 Å². The van der Waals surface area contributed by atoms with Crippen LogP contribution in [0.4, 0.5) is 17.1 Å². The molecule has 65 heavy (non-hydrogen) atoms. The molecule has 2 aliphatic rings. The Morgan fingerprint density at radius 2 is 0.846 bits per heavy atom. The molecule has 4 heterocycles. The maximum absolute atomic E-state index is 7.02. The number of anilines is 3. The average Bonchev–Trinajstić information content (AvgIpc) is 3.95. The highest BCUT2D eigenvalue weighted by Crippen LogP contribution is 2.49. The van der Waals surface area contributed by atoms with Gasteiger partial charge < -0.3 is 18.5 Å². The molecule has 0 radical (unpaired) electrons. The van der Waals surface area contributed by atoms with E-state index >= 15 is 0 Å². The van der Waals surface area contributed by atoms with Gasteiger partial charge in [-0.3, -0.25) is 0 Å². The van der Waals surface area contributed by atoms with Crippen LogP contribution >= 0.6 is 0 Å². The topological polar surface area (TPSA) is 38.8 Å². The van der Waals surface area contributed by atoms with Crippen molar-refractivity contribution in [1.29, 1.82) is 0 Å². The largest absolute Gasteiger partial charge is 0.458 e. The lowest BCUT2D eigenvalue weighted by Crippen LogP contribution is -2.59. The predicted octanol–water partition coefficient (Wildman–Crippen LogP) is 14.6. The zero-order chi connectivity index (χ0) is 42.6. The smallest absolute Gasteiger partial charge is 0.256 e. The second-order valence-corrected chi connectivity index (χ2v) is 17.1. The Morgan fingerprint density at radius 1 is 0.338 bits per heavy atom. The highest BCUT2D eigenvalue weighted by atomic mass is 16.5. The van der Waals surface area contributed by atoms with Gasteiger partial charge in [0.05, 0.1) is 5.69 Å². The molecule has 0 spiro atoms. The number of nitrogens with zero attached hydrogens (tertiary/aromatic N) is 1. The lowest BCUT2D eigenvalue weighted by atomic mass is 9.34. The van der Waals surface area contributed by atoms with Crippen LogP contribution in [0.5, 0.6) is 11.5 Å². The second-order valence-electron chi connectivity index (χ2n) is 17.1. The maximum Gasteiger partial charge on any atom is 0.256 e. The Balaban J connectivity index is 1.05. The fourth-order valence-corrected chi connectivity index (χ4v) is 10.7. The van der Waals surface area contributed by atoms with Gasteiger partial charge in [0.2, 0.25) is 0 Å². The van der Waals surface area contributed by atoms with Crippen molar-refractivity contribution in [1.82, 2.24) is 0 Å². The third-order valence-corrected chi connectivity index (χ3v) is 13.6. The van der Waals surface area contributed by atoms with Gasteiger partial charge in [0.1, 0.15) is 33.8 Å². The van der Waals surface area contributed by atoms with Gasteiger partial charge in [-0.15, -0.1) is 0 Å². The van der Waals surface area contributed by atoms with Gasteiger partial charge in [0.25, 0.3) is 6.71 Å². The van der Waals surface area contributed by atoms with Gasteiger partial charge in [-0.1, -0.05) is 182 Å². The molecule has 0 fully saturated rings. The summed E-state index contributed by atoms with van der Waals surface area (Å²) < 4.78 is 20.3. The van der Waals surface area contributed by atoms with Crippen molar-refractivity contribution in [2.45, 2.75) is 0 Å². The van der Waals surface area contributed by atoms with Crippen molar-refractivity contribution in [3.05, 3.63) is 218 Å². The van der Waals surface area contributed by atoms with Crippen LogP contribution in [-0.2, 0) is 0 Å². The highest BCUT2D eigenvalue weighted by Gasteiger charge is 2.43. The normalized spacial score (nSPS) is 12.7. The van der Waals surface area contributed by atoms with Gasteiger partial charge in [-0.25, -0.2) is 0 Å². The Bertz CT molecular complexity index is 3830. The van der Waals surface area contributed by atoms with Crippen LogP contribution in [0.2, 0.25) is 0 Å². The fourth-order valence-electron chi connectivity index (χ4n) is 10.7. The number of hydrogen-bond acceptors (Lipinski definition) is 4. The minimum Gasteiger partial charge on any atom is -0.458 e. The van der Waals surface area contributed by atoms with Crippen molar-refractivity contribution >= 4 is 84.0 Å².